The number of carbonyl (C=O) groups excluding carboxylic acids is 3. The number of likely N-dealkylation sites (N-methyl/N-ethyl adjacent to an activating group) is 1. The van der Waals surface area contributed by atoms with E-state index in [9.17, 15) is 14.4 Å². The lowest BCUT2D eigenvalue weighted by Crippen LogP contribution is -2.45. The maximum Gasteiger partial charge on any atom is 0.301 e. The number of ketones is 1. The van der Waals surface area contributed by atoms with Crippen LogP contribution in [-0.2, 0) is 4.79 Å². The minimum absolute atomic E-state index is 0.129. The van der Waals surface area contributed by atoms with Gasteiger partial charge in [0.05, 0.1) is 5.56 Å². The van der Waals surface area contributed by atoms with Crippen LogP contribution in [-0.4, -0.2) is 29.0 Å². The van der Waals surface area contributed by atoms with Gasteiger partial charge in [-0.25, -0.2) is 0 Å². The molecule has 5 heteroatoms. The number of carbonyl (C=O) groups is 3. The highest BCUT2D eigenvalue weighted by molar-refractivity contribution is 6.49. The Morgan fingerprint density at radius 2 is 1.81 bits per heavy atom. The van der Waals surface area contributed by atoms with E-state index in [0.29, 0.717) is 5.02 Å². The van der Waals surface area contributed by atoms with Crippen LogP contribution < -0.4 is 0 Å². The van der Waals surface area contributed by atoms with Gasteiger partial charge < -0.3 is 0 Å². The average Bonchev–Trinajstić information content (AvgIpc) is 2.27. The van der Waals surface area contributed by atoms with Crippen molar-refractivity contribution < 1.29 is 14.4 Å². The van der Waals surface area contributed by atoms with E-state index >= 15 is 0 Å². The number of imide groups is 1. The van der Waals surface area contributed by atoms with E-state index in [1.165, 1.54) is 18.2 Å². The minimum Gasteiger partial charge on any atom is -0.283 e. The third-order valence-corrected chi connectivity index (χ3v) is 2.69. The molecular weight excluding hydrogens is 230 g/mol. The Morgan fingerprint density at radius 1 is 1.12 bits per heavy atom. The largest absolute Gasteiger partial charge is 0.301 e. The zero-order valence-electron chi connectivity index (χ0n) is 8.49. The van der Waals surface area contributed by atoms with E-state index in [2.05, 4.69) is 0 Å². The lowest BCUT2D eigenvalue weighted by atomic mass is 9.97. The van der Waals surface area contributed by atoms with E-state index < -0.39 is 17.6 Å². The van der Waals surface area contributed by atoms with Crippen LogP contribution in [0.15, 0.2) is 18.2 Å². The molecule has 1 aromatic carbocycles. The van der Waals surface area contributed by atoms with Crippen LogP contribution in [0.25, 0.3) is 0 Å². The highest BCUT2D eigenvalue weighted by Crippen LogP contribution is 2.23. The number of hydrogen-bond acceptors (Lipinski definition) is 3. The Labute approximate surface area is 96.8 Å². The lowest BCUT2D eigenvalue weighted by Gasteiger charge is -2.24. The Balaban J connectivity index is 2.64. The molecule has 2 amide bonds. The van der Waals surface area contributed by atoms with Crippen LogP contribution in [0.1, 0.15) is 27.6 Å². The third kappa shape index (κ3) is 1.42. The number of rotatable bonds is 1. The zero-order valence-corrected chi connectivity index (χ0v) is 9.25. The molecule has 0 spiro atoms. The molecule has 0 radical (unpaired) electrons. The summed E-state index contributed by atoms with van der Waals surface area (Å²) in [5.74, 6) is -1.90. The summed E-state index contributed by atoms with van der Waals surface area (Å²) in [6.45, 7) is 1.81. The second kappa shape index (κ2) is 3.72. The molecule has 2 rings (SSSR count). The van der Waals surface area contributed by atoms with Gasteiger partial charge in [-0.3, -0.25) is 19.3 Å². The van der Waals surface area contributed by atoms with Crippen LogP contribution in [0.2, 0.25) is 5.02 Å². The van der Waals surface area contributed by atoms with Gasteiger partial charge in [0, 0.05) is 17.1 Å². The number of nitrogens with zero attached hydrogens (tertiary/aromatic N) is 1. The first-order valence-corrected chi connectivity index (χ1v) is 5.14. The molecule has 16 heavy (non-hydrogen) atoms. The molecule has 0 N–H and O–H groups in total. The molecule has 1 aromatic rings. The van der Waals surface area contributed by atoms with Crippen molar-refractivity contribution in [2.24, 2.45) is 0 Å². The average molecular weight is 238 g/mol. The summed E-state index contributed by atoms with van der Waals surface area (Å²) >= 11 is 5.75. The predicted molar refractivity (Wildman–Crippen MR) is 57.5 cm³/mol. The summed E-state index contributed by atoms with van der Waals surface area (Å²) in [5.41, 5.74) is 0.322. The normalized spacial score (nSPS) is 15.4. The molecular formula is C11H8ClNO3. The fourth-order valence-corrected chi connectivity index (χ4v) is 1.83. The van der Waals surface area contributed by atoms with Gasteiger partial charge in [0.15, 0.2) is 0 Å². The molecule has 0 fully saturated rings. The summed E-state index contributed by atoms with van der Waals surface area (Å²) < 4.78 is 0. The van der Waals surface area contributed by atoms with Crippen LogP contribution >= 0.6 is 11.6 Å². The van der Waals surface area contributed by atoms with Crippen LogP contribution in [0, 0.1) is 0 Å². The van der Waals surface area contributed by atoms with Gasteiger partial charge in [0.25, 0.3) is 11.7 Å². The summed E-state index contributed by atoms with van der Waals surface area (Å²) in [5, 5.41) is 0.366. The Kier molecular flexibility index (Phi) is 2.52. The Bertz CT molecular complexity index is 510. The number of hydrogen-bond donors (Lipinski definition) is 0. The van der Waals surface area contributed by atoms with Crippen molar-refractivity contribution in [1.82, 2.24) is 4.90 Å². The van der Waals surface area contributed by atoms with Gasteiger partial charge in [0.1, 0.15) is 0 Å². The number of halogens is 1. The maximum absolute atomic E-state index is 11.9. The van der Waals surface area contributed by atoms with Crippen molar-refractivity contribution >= 4 is 29.2 Å². The Hall–Kier alpha value is -1.68. The molecule has 0 saturated carbocycles. The van der Waals surface area contributed by atoms with E-state index in [-0.39, 0.29) is 17.7 Å². The van der Waals surface area contributed by atoms with Crippen molar-refractivity contribution in [3.05, 3.63) is 34.3 Å². The molecule has 0 bridgehead atoms. The summed E-state index contributed by atoms with van der Waals surface area (Å²) in [6, 6.07) is 4.30. The molecule has 4 nitrogen and oxygen atoms in total. The van der Waals surface area contributed by atoms with Gasteiger partial charge >= 0.3 is 5.91 Å². The minimum atomic E-state index is -0.776. The number of Topliss-reactive ketones (excluding diaryl/α,β-unsaturated/α-hetero) is 1. The monoisotopic (exact) mass is 237 g/mol. The van der Waals surface area contributed by atoms with E-state index in [1.807, 2.05) is 0 Å². The molecule has 0 unspecified atom stereocenters. The molecule has 1 heterocycles. The van der Waals surface area contributed by atoms with E-state index in [1.54, 1.807) is 6.92 Å². The van der Waals surface area contributed by atoms with Gasteiger partial charge in [-0.2, -0.15) is 0 Å². The molecule has 1 aliphatic heterocycles. The first-order valence-electron chi connectivity index (χ1n) is 4.76. The van der Waals surface area contributed by atoms with Crippen molar-refractivity contribution in [2.75, 3.05) is 6.54 Å². The SMILES string of the molecule is CCN1C(=O)C(=O)c2ccc(Cl)cc2C1=O. The van der Waals surface area contributed by atoms with Crippen molar-refractivity contribution in [3.63, 3.8) is 0 Å². The molecule has 0 saturated heterocycles. The molecule has 0 atom stereocenters. The van der Waals surface area contributed by atoms with Crippen LogP contribution in [0.5, 0.6) is 0 Å². The lowest BCUT2D eigenvalue weighted by molar-refractivity contribution is -0.124. The van der Waals surface area contributed by atoms with Gasteiger partial charge in [0.2, 0.25) is 0 Å². The second-order valence-electron chi connectivity index (χ2n) is 3.37. The van der Waals surface area contributed by atoms with E-state index in [0.717, 1.165) is 4.90 Å². The fraction of sp³-hybridized carbons (Fsp3) is 0.182. The van der Waals surface area contributed by atoms with Gasteiger partial charge in [-0.05, 0) is 25.1 Å². The first-order chi connectivity index (χ1) is 7.56. The topological polar surface area (TPSA) is 54.5 Å². The van der Waals surface area contributed by atoms with Crippen molar-refractivity contribution in [1.29, 1.82) is 0 Å². The van der Waals surface area contributed by atoms with Crippen LogP contribution in [0.4, 0.5) is 0 Å². The molecule has 82 valence electrons. The first kappa shape index (κ1) is 10.8. The van der Waals surface area contributed by atoms with Gasteiger partial charge in [-0.1, -0.05) is 11.6 Å². The molecule has 0 aromatic heterocycles. The predicted octanol–water partition coefficient (Wildman–Crippen LogP) is 1.53. The summed E-state index contributed by atoms with van der Waals surface area (Å²) in [4.78, 5) is 36.0. The number of amides is 2. The van der Waals surface area contributed by atoms with Gasteiger partial charge in [-0.15, -0.1) is 0 Å². The summed E-state index contributed by atoms with van der Waals surface area (Å²) in [7, 11) is 0. The van der Waals surface area contributed by atoms with Crippen molar-refractivity contribution in [2.45, 2.75) is 6.92 Å². The fourth-order valence-electron chi connectivity index (χ4n) is 1.65. The number of benzene rings is 1. The second-order valence-corrected chi connectivity index (χ2v) is 3.81. The van der Waals surface area contributed by atoms with Crippen molar-refractivity contribution in [3.8, 4) is 0 Å². The zero-order chi connectivity index (χ0) is 11.9. The summed E-state index contributed by atoms with van der Waals surface area (Å²) in [6.07, 6.45) is 0. The quantitative estimate of drug-likeness (QED) is 0.550. The van der Waals surface area contributed by atoms with E-state index in [4.69, 9.17) is 11.6 Å². The smallest absolute Gasteiger partial charge is 0.283 e. The molecule has 1 aliphatic rings. The third-order valence-electron chi connectivity index (χ3n) is 2.46. The number of fused-ring (bicyclic) bond motifs is 1. The Morgan fingerprint density at radius 3 is 2.44 bits per heavy atom. The van der Waals surface area contributed by atoms with Crippen LogP contribution in [0.3, 0.4) is 0 Å². The maximum atomic E-state index is 11.9. The standard InChI is InChI=1S/C11H8ClNO3/c1-2-13-10(15)8-5-6(12)3-4-7(8)9(14)11(13)16/h3-5H,2H2,1H3. The molecule has 0 aliphatic carbocycles. The highest BCUT2D eigenvalue weighted by Gasteiger charge is 2.36. The highest BCUT2D eigenvalue weighted by atomic mass is 35.5.